The number of carbonyl (C=O) groups excluding carboxylic acids is 1. The van der Waals surface area contributed by atoms with Gasteiger partial charge in [-0.3, -0.25) is 9.59 Å². The highest BCUT2D eigenvalue weighted by Crippen LogP contribution is 2.11. The van der Waals surface area contributed by atoms with Crippen molar-refractivity contribution in [3.05, 3.63) is 41.2 Å². The molecule has 4 heteroatoms. The molecular weight excluding hydrogens is 211 g/mol. The fourth-order valence-corrected chi connectivity index (χ4v) is 1.20. The van der Waals surface area contributed by atoms with Crippen LogP contribution in [0.3, 0.4) is 0 Å². The molecule has 0 amide bonds. The summed E-state index contributed by atoms with van der Waals surface area (Å²) in [5.41, 5.74) is 0.798. The van der Waals surface area contributed by atoms with Crippen molar-refractivity contribution in [3.63, 3.8) is 0 Å². The summed E-state index contributed by atoms with van der Waals surface area (Å²) in [7, 11) is 0. The van der Waals surface area contributed by atoms with E-state index in [1.807, 2.05) is 0 Å². The third kappa shape index (κ3) is 3.65. The smallest absolute Gasteiger partial charge is 0.307 e. The van der Waals surface area contributed by atoms with Crippen LogP contribution in [0, 0.1) is 5.82 Å². The number of aliphatic carboxylic acids is 1. The maximum Gasteiger partial charge on any atom is 0.307 e. The Bertz CT molecular complexity index is 432. The van der Waals surface area contributed by atoms with Crippen LogP contribution in [0.25, 0.3) is 6.08 Å². The minimum atomic E-state index is -1.07. The van der Waals surface area contributed by atoms with Gasteiger partial charge in [0.15, 0.2) is 5.78 Å². The van der Waals surface area contributed by atoms with Gasteiger partial charge in [0.05, 0.1) is 6.42 Å². The standard InChI is InChI=1S/C12H11FO3/c1-8(14)10(7-12(15)16)6-9-2-4-11(13)5-3-9/h2-6H,7H2,1H3,(H,15,16). The van der Waals surface area contributed by atoms with E-state index in [2.05, 4.69) is 0 Å². The van der Waals surface area contributed by atoms with Crippen molar-refractivity contribution in [2.45, 2.75) is 13.3 Å². The highest BCUT2D eigenvalue weighted by molar-refractivity contribution is 6.01. The quantitative estimate of drug-likeness (QED) is 0.795. The van der Waals surface area contributed by atoms with Gasteiger partial charge >= 0.3 is 5.97 Å². The lowest BCUT2D eigenvalue weighted by atomic mass is 10.0. The lowest BCUT2D eigenvalue weighted by Crippen LogP contribution is -2.04. The molecule has 0 fully saturated rings. The van der Waals surface area contributed by atoms with Gasteiger partial charge in [-0.25, -0.2) is 4.39 Å². The third-order valence-electron chi connectivity index (χ3n) is 2.00. The fourth-order valence-electron chi connectivity index (χ4n) is 1.20. The number of carbonyl (C=O) groups is 2. The maximum atomic E-state index is 12.6. The Balaban J connectivity index is 2.97. The van der Waals surface area contributed by atoms with Crippen LogP contribution in [0.2, 0.25) is 0 Å². The predicted octanol–water partition coefficient (Wildman–Crippen LogP) is 2.27. The molecule has 0 atom stereocenters. The van der Waals surface area contributed by atoms with Gasteiger partial charge in [-0.15, -0.1) is 0 Å². The zero-order valence-corrected chi connectivity index (χ0v) is 8.74. The van der Waals surface area contributed by atoms with Crippen LogP contribution in [-0.2, 0) is 9.59 Å². The summed E-state index contributed by atoms with van der Waals surface area (Å²) in [4.78, 5) is 21.7. The number of rotatable bonds is 4. The van der Waals surface area contributed by atoms with Gasteiger partial charge in [0.25, 0.3) is 0 Å². The number of carboxylic acid groups (broad SMARTS) is 1. The molecule has 3 nitrogen and oxygen atoms in total. The highest BCUT2D eigenvalue weighted by atomic mass is 19.1. The molecule has 1 rings (SSSR count). The second-order valence-corrected chi connectivity index (χ2v) is 3.35. The Morgan fingerprint density at radius 2 is 1.88 bits per heavy atom. The van der Waals surface area contributed by atoms with Gasteiger partial charge in [0, 0.05) is 5.57 Å². The van der Waals surface area contributed by atoms with Gasteiger partial charge in [-0.2, -0.15) is 0 Å². The van der Waals surface area contributed by atoms with E-state index in [4.69, 9.17) is 5.11 Å². The van der Waals surface area contributed by atoms with Gasteiger partial charge in [-0.1, -0.05) is 12.1 Å². The van der Waals surface area contributed by atoms with Crippen molar-refractivity contribution in [1.29, 1.82) is 0 Å². The zero-order valence-electron chi connectivity index (χ0n) is 8.74. The normalized spacial score (nSPS) is 11.2. The molecule has 0 aliphatic heterocycles. The average Bonchev–Trinajstić information content (AvgIpc) is 2.19. The molecule has 1 N–H and O–H groups in total. The van der Waals surface area contributed by atoms with E-state index in [0.717, 1.165) is 0 Å². The summed E-state index contributed by atoms with van der Waals surface area (Å²) >= 11 is 0. The minimum Gasteiger partial charge on any atom is -0.481 e. The van der Waals surface area contributed by atoms with Crippen molar-refractivity contribution in [2.24, 2.45) is 0 Å². The number of carboxylic acids is 1. The van der Waals surface area contributed by atoms with Crippen LogP contribution in [0.5, 0.6) is 0 Å². The molecule has 0 aliphatic carbocycles. The molecule has 0 saturated heterocycles. The van der Waals surface area contributed by atoms with E-state index in [0.29, 0.717) is 5.56 Å². The summed E-state index contributed by atoms with van der Waals surface area (Å²) in [6.45, 7) is 1.30. The molecule has 0 aromatic heterocycles. The molecule has 0 aliphatic rings. The van der Waals surface area contributed by atoms with Crippen molar-refractivity contribution in [3.8, 4) is 0 Å². The van der Waals surface area contributed by atoms with Crippen molar-refractivity contribution < 1.29 is 19.1 Å². The Kier molecular flexibility index (Phi) is 3.94. The van der Waals surface area contributed by atoms with Crippen LogP contribution < -0.4 is 0 Å². The maximum absolute atomic E-state index is 12.6. The summed E-state index contributed by atoms with van der Waals surface area (Å²) in [5, 5.41) is 8.60. The Labute approximate surface area is 92.2 Å². The summed E-state index contributed by atoms with van der Waals surface area (Å²) < 4.78 is 12.6. The topological polar surface area (TPSA) is 54.4 Å². The average molecular weight is 222 g/mol. The lowest BCUT2D eigenvalue weighted by molar-refractivity contribution is -0.136. The lowest BCUT2D eigenvalue weighted by Gasteiger charge is -2.00. The van der Waals surface area contributed by atoms with Crippen LogP contribution in [0.4, 0.5) is 4.39 Å². The van der Waals surface area contributed by atoms with E-state index in [-0.39, 0.29) is 23.6 Å². The van der Waals surface area contributed by atoms with Crippen molar-refractivity contribution in [1.82, 2.24) is 0 Å². The largest absolute Gasteiger partial charge is 0.481 e. The second-order valence-electron chi connectivity index (χ2n) is 3.35. The summed E-state index contributed by atoms with van der Waals surface area (Å²) in [6, 6.07) is 5.48. The summed E-state index contributed by atoms with van der Waals surface area (Å²) in [6.07, 6.45) is 1.13. The van der Waals surface area contributed by atoms with Gasteiger partial charge in [-0.05, 0) is 30.7 Å². The van der Waals surface area contributed by atoms with E-state index in [9.17, 15) is 14.0 Å². The summed E-state index contributed by atoms with van der Waals surface area (Å²) in [5.74, 6) is -1.74. The molecule has 84 valence electrons. The van der Waals surface area contributed by atoms with Crippen LogP contribution in [0.15, 0.2) is 29.8 Å². The van der Waals surface area contributed by atoms with Gasteiger partial charge in [0.1, 0.15) is 5.82 Å². The number of hydrogen-bond acceptors (Lipinski definition) is 2. The number of halogens is 1. The molecule has 0 bridgehead atoms. The van der Waals surface area contributed by atoms with Gasteiger partial charge in [0.2, 0.25) is 0 Å². The molecular formula is C12H11FO3. The highest BCUT2D eigenvalue weighted by Gasteiger charge is 2.08. The molecule has 0 unspecified atom stereocenters. The molecule has 0 heterocycles. The number of hydrogen-bond donors (Lipinski definition) is 1. The predicted molar refractivity (Wildman–Crippen MR) is 57.3 cm³/mol. The number of Topliss-reactive ketones (excluding diaryl/α,β-unsaturated/α-hetero) is 1. The Morgan fingerprint density at radius 3 is 2.31 bits per heavy atom. The molecule has 16 heavy (non-hydrogen) atoms. The van der Waals surface area contributed by atoms with E-state index < -0.39 is 5.97 Å². The third-order valence-corrected chi connectivity index (χ3v) is 2.00. The SMILES string of the molecule is CC(=O)C(=Cc1ccc(F)cc1)CC(=O)O. The van der Waals surface area contributed by atoms with Gasteiger partial charge < -0.3 is 5.11 Å². The molecule has 1 aromatic carbocycles. The second kappa shape index (κ2) is 5.21. The monoisotopic (exact) mass is 222 g/mol. The zero-order chi connectivity index (χ0) is 12.1. The van der Waals surface area contributed by atoms with E-state index >= 15 is 0 Å². The first kappa shape index (κ1) is 12.1. The van der Waals surface area contributed by atoms with E-state index in [1.165, 1.54) is 37.3 Å². The van der Waals surface area contributed by atoms with Crippen molar-refractivity contribution >= 4 is 17.8 Å². The van der Waals surface area contributed by atoms with E-state index in [1.54, 1.807) is 0 Å². The van der Waals surface area contributed by atoms with Crippen LogP contribution in [-0.4, -0.2) is 16.9 Å². The molecule has 0 spiro atoms. The number of benzene rings is 1. The Hall–Kier alpha value is -1.97. The van der Waals surface area contributed by atoms with Crippen LogP contribution in [0.1, 0.15) is 18.9 Å². The molecule has 0 radical (unpaired) electrons. The number of ketones is 1. The van der Waals surface area contributed by atoms with Crippen molar-refractivity contribution in [2.75, 3.05) is 0 Å². The first-order chi connectivity index (χ1) is 7.49. The molecule has 0 saturated carbocycles. The first-order valence-corrected chi connectivity index (χ1v) is 4.68. The van der Waals surface area contributed by atoms with Crippen LogP contribution >= 0.6 is 0 Å². The molecule has 1 aromatic rings. The first-order valence-electron chi connectivity index (χ1n) is 4.68. The minimum absolute atomic E-state index is 0.194. The Morgan fingerprint density at radius 1 is 1.31 bits per heavy atom. The fraction of sp³-hybridized carbons (Fsp3) is 0.167.